The molecule has 114 valence electrons. The Kier molecular flexibility index (Phi) is 3.87. The van der Waals surface area contributed by atoms with Crippen LogP contribution in [-0.4, -0.2) is 11.9 Å². The minimum Gasteiger partial charge on any atom is -0.399 e. The van der Waals surface area contributed by atoms with Crippen molar-refractivity contribution in [1.29, 1.82) is 0 Å². The van der Waals surface area contributed by atoms with Crippen LogP contribution in [-0.2, 0) is 0 Å². The van der Waals surface area contributed by atoms with Crippen molar-refractivity contribution in [2.45, 2.75) is 38.1 Å². The summed E-state index contributed by atoms with van der Waals surface area (Å²) in [6, 6.07) is 7.65. The summed E-state index contributed by atoms with van der Waals surface area (Å²) in [5.74, 6) is 3.42. The lowest BCUT2D eigenvalue weighted by Crippen LogP contribution is -2.55. The van der Waals surface area contributed by atoms with Gasteiger partial charge in [-0.15, -0.1) is 12.4 Å². The van der Waals surface area contributed by atoms with Crippen LogP contribution in [0.4, 0.5) is 5.69 Å². The van der Waals surface area contributed by atoms with E-state index in [1.807, 2.05) is 12.1 Å². The zero-order chi connectivity index (χ0) is 13.7. The first-order valence-electron chi connectivity index (χ1n) is 7.85. The number of rotatable bonds is 2. The van der Waals surface area contributed by atoms with Crippen LogP contribution in [0.1, 0.15) is 42.5 Å². The molecule has 0 unspecified atom stereocenters. The van der Waals surface area contributed by atoms with Gasteiger partial charge in [0.05, 0.1) is 0 Å². The van der Waals surface area contributed by atoms with E-state index in [9.17, 15) is 4.79 Å². The maximum Gasteiger partial charge on any atom is 0.251 e. The average molecular weight is 307 g/mol. The molecule has 3 nitrogen and oxygen atoms in total. The van der Waals surface area contributed by atoms with Gasteiger partial charge in [-0.2, -0.15) is 0 Å². The summed E-state index contributed by atoms with van der Waals surface area (Å²) in [5.41, 5.74) is 7.11. The lowest BCUT2D eigenvalue weighted by molar-refractivity contribution is -0.0119. The van der Waals surface area contributed by atoms with Crippen molar-refractivity contribution >= 4 is 24.0 Å². The van der Waals surface area contributed by atoms with Crippen molar-refractivity contribution in [3.05, 3.63) is 29.8 Å². The Bertz CT molecular complexity index is 500. The Hall–Kier alpha value is -1.22. The van der Waals surface area contributed by atoms with E-state index < -0.39 is 0 Å². The van der Waals surface area contributed by atoms with Gasteiger partial charge in [-0.25, -0.2) is 0 Å². The number of nitrogen functional groups attached to an aromatic ring is 1. The lowest BCUT2D eigenvalue weighted by atomic mass is 9.54. The van der Waals surface area contributed by atoms with E-state index >= 15 is 0 Å². The van der Waals surface area contributed by atoms with Gasteiger partial charge in [0.25, 0.3) is 5.91 Å². The first-order valence-corrected chi connectivity index (χ1v) is 7.85. The highest BCUT2D eigenvalue weighted by Gasteiger charge is 2.48. The molecule has 21 heavy (non-hydrogen) atoms. The number of carbonyl (C=O) groups is 1. The quantitative estimate of drug-likeness (QED) is 0.824. The van der Waals surface area contributed by atoms with Crippen molar-refractivity contribution in [3.8, 4) is 0 Å². The van der Waals surface area contributed by atoms with Crippen molar-refractivity contribution in [2.75, 3.05) is 5.73 Å². The average Bonchev–Trinajstić information content (AvgIpc) is 2.42. The minimum absolute atomic E-state index is 0. The van der Waals surface area contributed by atoms with Crippen LogP contribution < -0.4 is 11.1 Å². The number of anilines is 1. The second-order valence-electron chi connectivity index (χ2n) is 7.05. The molecule has 1 aromatic rings. The highest BCUT2D eigenvalue weighted by Crippen LogP contribution is 2.53. The lowest BCUT2D eigenvalue weighted by Gasteiger charge is -2.54. The van der Waals surface area contributed by atoms with E-state index in [0.29, 0.717) is 11.7 Å². The molecule has 1 amide bonds. The third kappa shape index (κ3) is 2.64. The summed E-state index contributed by atoms with van der Waals surface area (Å²) < 4.78 is 0. The fourth-order valence-corrected chi connectivity index (χ4v) is 5.03. The third-order valence-electron chi connectivity index (χ3n) is 5.70. The summed E-state index contributed by atoms with van der Waals surface area (Å²) in [6.45, 7) is 0. The zero-order valence-corrected chi connectivity index (χ0v) is 12.9. The van der Waals surface area contributed by atoms with Crippen LogP contribution in [0.5, 0.6) is 0 Å². The van der Waals surface area contributed by atoms with Gasteiger partial charge in [-0.1, -0.05) is 0 Å². The van der Waals surface area contributed by atoms with Crippen LogP contribution in [0, 0.1) is 23.7 Å². The zero-order valence-electron chi connectivity index (χ0n) is 12.1. The Balaban J connectivity index is 0.00000132. The van der Waals surface area contributed by atoms with Crippen LogP contribution in [0.3, 0.4) is 0 Å². The van der Waals surface area contributed by atoms with Crippen molar-refractivity contribution in [2.24, 2.45) is 23.7 Å². The molecule has 4 aliphatic rings. The predicted octanol–water partition coefficient (Wildman–Crippen LogP) is 3.25. The largest absolute Gasteiger partial charge is 0.399 e. The van der Waals surface area contributed by atoms with Gasteiger partial charge in [0, 0.05) is 17.3 Å². The van der Waals surface area contributed by atoms with Crippen LogP contribution in [0.2, 0.25) is 0 Å². The minimum atomic E-state index is 0. The standard InChI is InChI=1S/C17H22N2O.ClH/c18-15-3-1-12(2-4-15)17(20)19-16-13-6-10-5-11(8-13)9-14(16)7-10;/h1-4,10-11,13-14,16H,5-9,18H2,(H,19,20);1H. The topological polar surface area (TPSA) is 55.1 Å². The maximum absolute atomic E-state index is 12.4. The summed E-state index contributed by atoms with van der Waals surface area (Å²) >= 11 is 0. The molecule has 4 bridgehead atoms. The molecular weight excluding hydrogens is 284 g/mol. The van der Waals surface area contributed by atoms with Crippen LogP contribution >= 0.6 is 12.4 Å². The molecule has 3 N–H and O–H groups in total. The van der Waals surface area contributed by atoms with E-state index in [1.165, 1.54) is 32.1 Å². The van der Waals surface area contributed by atoms with Crippen molar-refractivity contribution < 1.29 is 4.79 Å². The molecule has 0 atom stereocenters. The highest BCUT2D eigenvalue weighted by atomic mass is 35.5. The Morgan fingerprint density at radius 2 is 1.48 bits per heavy atom. The molecule has 0 aliphatic heterocycles. The van der Waals surface area contributed by atoms with E-state index in [1.54, 1.807) is 12.1 Å². The molecule has 0 radical (unpaired) electrons. The van der Waals surface area contributed by atoms with Gasteiger partial charge < -0.3 is 11.1 Å². The monoisotopic (exact) mass is 306 g/mol. The Labute approximate surface area is 132 Å². The number of nitrogens with two attached hydrogens (primary N) is 1. The van der Waals surface area contributed by atoms with Gasteiger partial charge >= 0.3 is 0 Å². The summed E-state index contributed by atoms with van der Waals surface area (Å²) in [4.78, 5) is 12.4. The molecule has 5 rings (SSSR count). The predicted molar refractivity (Wildman–Crippen MR) is 86.4 cm³/mol. The molecule has 4 aliphatic carbocycles. The van der Waals surface area contributed by atoms with E-state index in [4.69, 9.17) is 5.73 Å². The number of amides is 1. The smallest absolute Gasteiger partial charge is 0.251 e. The molecule has 0 heterocycles. The Morgan fingerprint density at radius 3 is 2.00 bits per heavy atom. The van der Waals surface area contributed by atoms with Gasteiger partial charge in [-0.3, -0.25) is 4.79 Å². The maximum atomic E-state index is 12.4. The molecule has 4 saturated carbocycles. The van der Waals surface area contributed by atoms with Crippen LogP contribution in [0.15, 0.2) is 24.3 Å². The number of hydrogen-bond acceptors (Lipinski definition) is 2. The molecule has 0 spiro atoms. The SMILES string of the molecule is Cl.Nc1ccc(C(=O)NC2C3CC4CC(C3)CC2C4)cc1. The number of benzene rings is 1. The van der Waals surface area contributed by atoms with Gasteiger partial charge in [0.2, 0.25) is 0 Å². The summed E-state index contributed by atoms with van der Waals surface area (Å²) in [6.07, 6.45) is 6.78. The fraction of sp³-hybridized carbons (Fsp3) is 0.588. The van der Waals surface area contributed by atoms with Gasteiger partial charge in [-0.05, 0) is 80.0 Å². The first-order chi connectivity index (χ1) is 9.69. The fourth-order valence-electron chi connectivity index (χ4n) is 5.03. The number of carbonyl (C=O) groups excluding carboxylic acids is 1. The highest BCUT2D eigenvalue weighted by molar-refractivity contribution is 5.94. The van der Waals surface area contributed by atoms with E-state index in [-0.39, 0.29) is 18.3 Å². The second-order valence-corrected chi connectivity index (χ2v) is 7.05. The molecule has 4 fully saturated rings. The van der Waals surface area contributed by atoms with Gasteiger partial charge in [0.1, 0.15) is 0 Å². The van der Waals surface area contributed by atoms with E-state index in [2.05, 4.69) is 5.32 Å². The molecular formula is C17H23ClN2O. The molecule has 0 aromatic heterocycles. The number of nitrogens with one attached hydrogen (secondary N) is 1. The summed E-state index contributed by atoms with van der Waals surface area (Å²) in [5, 5.41) is 3.32. The summed E-state index contributed by atoms with van der Waals surface area (Å²) in [7, 11) is 0. The van der Waals surface area contributed by atoms with E-state index in [0.717, 1.165) is 29.2 Å². The number of hydrogen-bond donors (Lipinski definition) is 2. The Morgan fingerprint density at radius 1 is 0.952 bits per heavy atom. The molecule has 1 aromatic carbocycles. The van der Waals surface area contributed by atoms with Crippen LogP contribution in [0.25, 0.3) is 0 Å². The number of halogens is 1. The van der Waals surface area contributed by atoms with Gasteiger partial charge in [0.15, 0.2) is 0 Å². The second kappa shape index (κ2) is 5.53. The molecule has 0 saturated heterocycles. The van der Waals surface area contributed by atoms with Crippen molar-refractivity contribution in [1.82, 2.24) is 5.32 Å². The third-order valence-corrected chi connectivity index (χ3v) is 5.70. The van der Waals surface area contributed by atoms with Crippen molar-refractivity contribution in [3.63, 3.8) is 0 Å². The normalized spacial score (nSPS) is 36.1. The molecule has 4 heteroatoms. The first kappa shape index (κ1) is 14.7.